The largest absolute Gasteiger partial charge is 0.397 e. The molecule has 232 valence electrons. The molecule has 48 heavy (non-hydrogen) atoms. The molecule has 0 radical (unpaired) electrons. The van der Waals surface area contributed by atoms with Gasteiger partial charge in [-0.25, -0.2) is 0 Å². The van der Waals surface area contributed by atoms with Crippen LogP contribution in [0.25, 0.3) is 27.5 Å². The molecular weight excluding hydrogens is 609 g/mol. The maximum Gasteiger partial charge on any atom is 0.397 e. The van der Waals surface area contributed by atoms with Gasteiger partial charge in [-0.3, -0.25) is 4.90 Å². The molecule has 0 N–H and O–H groups in total. The number of nitrogens with zero attached hydrogens (tertiary/aromatic N) is 3. The van der Waals surface area contributed by atoms with Crippen LogP contribution >= 0.6 is 0 Å². The first kappa shape index (κ1) is 27.6. The van der Waals surface area contributed by atoms with Crippen LogP contribution in [0.1, 0.15) is 16.7 Å². The van der Waals surface area contributed by atoms with Gasteiger partial charge >= 0.3 is 12.0 Å². The Morgan fingerprint density at radius 2 is 1.27 bits per heavy atom. The molecule has 0 amide bonds. The Morgan fingerprint density at radius 3 is 1.98 bits per heavy atom. The van der Waals surface area contributed by atoms with Crippen LogP contribution < -0.4 is 26.2 Å². The Kier molecular flexibility index (Phi) is 5.23. The topological polar surface area (TPSA) is 11.4 Å². The highest BCUT2D eigenvalue weighted by Gasteiger charge is 2.70. The highest BCUT2D eigenvalue weighted by Crippen LogP contribution is 2.59. The van der Waals surface area contributed by atoms with Gasteiger partial charge in [0.05, 0.1) is 22.5 Å². The number of aromatic nitrogens is 1. The minimum Gasteiger partial charge on any atom is -0.310 e. The Balaban J connectivity index is 1.40. The molecule has 0 unspecified atom stereocenters. The van der Waals surface area contributed by atoms with Gasteiger partial charge in [0, 0.05) is 39.0 Å². The summed E-state index contributed by atoms with van der Waals surface area (Å²) in [6.45, 7) is 3.56. The van der Waals surface area contributed by atoms with Crippen LogP contribution in [-0.4, -0.2) is 17.3 Å². The number of para-hydroxylation sites is 3. The van der Waals surface area contributed by atoms with Gasteiger partial charge in [-0.1, -0.05) is 77.9 Å². The molecular formula is C40H26BF4N3. The van der Waals surface area contributed by atoms with E-state index in [-0.39, 0.29) is 11.4 Å². The van der Waals surface area contributed by atoms with E-state index in [2.05, 4.69) is 41.8 Å². The zero-order valence-corrected chi connectivity index (χ0v) is 26.0. The summed E-state index contributed by atoms with van der Waals surface area (Å²) in [6.07, 6.45) is 0. The second-order valence-electron chi connectivity index (χ2n) is 13.1. The standard InChI is InChI=1S/C40H26BF4N3/c1-23-16-17-33-28(18-23)29-19-24(2)20-32-37(29)47(33)34-21-27(46(25-10-5-3-6-11-25)26-12-7-4-8-13-26)22-35-36(34)41(32)31-15-9-14-30-38(31)48(35)40(44,45)39(30,42)43/h3-22H,1-2H3. The number of hydrogen-bond donors (Lipinski definition) is 0. The SMILES string of the molecule is Cc1ccc2c(c1)c1cc(C)cc3c1n2-c1cc(N(c2ccccc2)c2ccccc2)cc2c1B3c1cccc3c1N2C(F)(F)C3(F)F. The predicted molar refractivity (Wildman–Crippen MR) is 187 cm³/mol. The lowest BCUT2D eigenvalue weighted by Gasteiger charge is -2.41. The minimum absolute atomic E-state index is 0.0840. The normalized spacial score (nSPS) is 16.0. The third-order valence-corrected chi connectivity index (χ3v) is 10.3. The summed E-state index contributed by atoms with van der Waals surface area (Å²) in [5, 5.41) is 2.11. The van der Waals surface area contributed by atoms with Gasteiger partial charge in [-0.15, -0.1) is 0 Å². The van der Waals surface area contributed by atoms with Crippen molar-refractivity contribution < 1.29 is 17.6 Å². The molecule has 0 aliphatic carbocycles. The predicted octanol–water partition coefficient (Wildman–Crippen LogP) is 8.85. The second-order valence-corrected chi connectivity index (χ2v) is 13.1. The summed E-state index contributed by atoms with van der Waals surface area (Å²) in [6, 6.07) is 33.5. The van der Waals surface area contributed by atoms with E-state index in [9.17, 15) is 0 Å². The van der Waals surface area contributed by atoms with Crippen molar-refractivity contribution in [3.63, 3.8) is 0 Å². The van der Waals surface area contributed by atoms with E-state index in [0.717, 1.165) is 55.8 Å². The first-order valence-corrected chi connectivity index (χ1v) is 16.0. The van der Waals surface area contributed by atoms with Crippen molar-refractivity contribution in [3.8, 4) is 5.69 Å². The van der Waals surface area contributed by atoms with Gasteiger partial charge in [0.15, 0.2) is 0 Å². The lowest BCUT2D eigenvalue weighted by molar-refractivity contribution is -0.200. The quantitative estimate of drug-likeness (QED) is 0.109. The van der Waals surface area contributed by atoms with Crippen LogP contribution in [0.5, 0.6) is 0 Å². The molecule has 0 saturated carbocycles. The molecule has 8 heteroatoms. The number of rotatable bonds is 3. The molecule has 10 rings (SSSR count). The molecule has 1 aromatic heterocycles. The van der Waals surface area contributed by atoms with Gasteiger partial charge in [0.25, 0.3) is 6.71 Å². The molecule has 4 heterocycles. The van der Waals surface area contributed by atoms with E-state index in [0.29, 0.717) is 27.2 Å². The van der Waals surface area contributed by atoms with E-state index < -0.39 is 24.2 Å². The molecule has 0 fully saturated rings. The van der Waals surface area contributed by atoms with Crippen molar-refractivity contribution in [3.05, 3.63) is 138 Å². The number of alkyl halides is 4. The highest BCUT2D eigenvalue weighted by molar-refractivity contribution is 7.00. The van der Waals surface area contributed by atoms with Crippen molar-refractivity contribution in [2.75, 3.05) is 9.80 Å². The van der Waals surface area contributed by atoms with E-state index in [1.165, 1.54) is 6.07 Å². The van der Waals surface area contributed by atoms with Crippen molar-refractivity contribution in [2.24, 2.45) is 0 Å². The summed E-state index contributed by atoms with van der Waals surface area (Å²) in [5.41, 5.74) is 8.27. The van der Waals surface area contributed by atoms with Crippen LogP contribution in [0.3, 0.4) is 0 Å². The molecule has 6 aromatic carbocycles. The molecule has 0 spiro atoms. The van der Waals surface area contributed by atoms with Crippen LogP contribution in [0.15, 0.2) is 121 Å². The third-order valence-electron chi connectivity index (χ3n) is 10.3. The van der Waals surface area contributed by atoms with Gasteiger partial charge in [0.1, 0.15) is 0 Å². The third kappa shape index (κ3) is 3.30. The van der Waals surface area contributed by atoms with E-state index in [1.807, 2.05) is 78.6 Å². The maximum absolute atomic E-state index is 16.4. The number of aryl methyl sites for hydroxylation is 2. The first-order valence-electron chi connectivity index (χ1n) is 16.0. The number of hydrogen-bond acceptors (Lipinski definition) is 2. The van der Waals surface area contributed by atoms with E-state index in [1.54, 1.807) is 12.1 Å². The Hall–Kier alpha value is -5.50. The first-order chi connectivity index (χ1) is 23.2. The van der Waals surface area contributed by atoms with Gasteiger partial charge in [0.2, 0.25) is 0 Å². The lowest BCUT2D eigenvalue weighted by atomic mass is 9.33. The van der Waals surface area contributed by atoms with Crippen molar-refractivity contribution in [2.45, 2.75) is 25.8 Å². The number of benzene rings is 6. The smallest absolute Gasteiger partial charge is 0.310 e. The zero-order valence-electron chi connectivity index (χ0n) is 26.0. The second kappa shape index (κ2) is 9.10. The fourth-order valence-electron chi connectivity index (χ4n) is 8.41. The molecule has 3 nitrogen and oxygen atoms in total. The number of fused-ring (bicyclic) bond motifs is 7. The van der Waals surface area contributed by atoms with E-state index in [4.69, 9.17) is 0 Å². The summed E-state index contributed by atoms with van der Waals surface area (Å²) in [7, 11) is 0. The Morgan fingerprint density at radius 1 is 0.604 bits per heavy atom. The van der Waals surface area contributed by atoms with Crippen LogP contribution in [0.4, 0.5) is 46.0 Å². The molecule has 3 aliphatic heterocycles. The van der Waals surface area contributed by atoms with Crippen molar-refractivity contribution >= 4 is 73.3 Å². The molecule has 0 saturated heterocycles. The Labute approximate surface area is 274 Å². The number of anilines is 5. The minimum atomic E-state index is -4.49. The fraction of sp³-hybridized carbons (Fsp3) is 0.100. The van der Waals surface area contributed by atoms with Gasteiger partial charge < -0.3 is 9.47 Å². The number of halogens is 4. The molecule has 0 bridgehead atoms. The summed E-state index contributed by atoms with van der Waals surface area (Å²) >= 11 is 0. The monoisotopic (exact) mass is 635 g/mol. The lowest BCUT2D eigenvalue weighted by Crippen LogP contribution is -2.62. The maximum atomic E-state index is 16.4. The average Bonchev–Trinajstić information content (AvgIpc) is 3.48. The van der Waals surface area contributed by atoms with Crippen LogP contribution in [-0.2, 0) is 5.92 Å². The fourth-order valence-corrected chi connectivity index (χ4v) is 8.41. The highest BCUT2D eigenvalue weighted by atomic mass is 19.3. The zero-order chi connectivity index (χ0) is 32.7. The van der Waals surface area contributed by atoms with Crippen molar-refractivity contribution in [1.82, 2.24) is 4.57 Å². The summed E-state index contributed by atoms with van der Waals surface area (Å²) < 4.78 is 66.8. The van der Waals surface area contributed by atoms with Gasteiger partial charge in [-0.2, -0.15) is 17.6 Å². The molecule has 3 aliphatic rings. The van der Waals surface area contributed by atoms with E-state index >= 15 is 17.6 Å². The molecule has 7 aromatic rings. The van der Waals surface area contributed by atoms with Crippen molar-refractivity contribution in [1.29, 1.82) is 0 Å². The summed E-state index contributed by atoms with van der Waals surface area (Å²) in [5.74, 6) is -4.39. The van der Waals surface area contributed by atoms with Crippen LogP contribution in [0.2, 0.25) is 0 Å². The summed E-state index contributed by atoms with van der Waals surface area (Å²) in [4.78, 5) is 2.62. The average molecular weight is 635 g/mol. The molecule has 0 atom stereocenters. The Bertz CT molecular complexity index is 2470. The van der Waals surface area contributed by atoms with Gasteiger partial charge in [-0.05, 0) is 84.8 Å². The van der Waals surface area contributed by atoms with Crippen LogP contribution in [0, 0.1) is 13.8 Å².